The molecule has 26 heavy (non-hydrogen) atoms. The van der Waals surface area contributed by atoms with E-state index in [1.54, 1.807) is 12.1 Å². The van der Waals surface area contributed by atoms with Crippen LogP contribution in [0.3, 0.4) is 0 Å². The summed E-state index contributed by atoms with van der Waals surface area (Å²) in [5.41, 5.74) is 1.90. The molecule has 1 amide bonds. The first-order chi connectivity index (χ1) is 12.6. The monoisotopic (exact) mass is 357 g/mol. The number of rotatable bonds is 5. The summed E-state index contributed by atoms with van der Waals surface area (Å²) in [6.07, 6.45) is 1.12. The predicted molar refractivity (Wildman–Crippen MR) is 93.9 cm³/mol. The number of hydrogen-bond acceptors (Lipinski definition) is 3. The van der Waals surface area contributed by atoms with Gasteiger partial charge in [0.1, 0.15) is 6.17 Å². The van der Waals surface area contributed by atoms with Gasteiger partial charge < -0.3 is 10.6 Å². The molecule has 3 atom stereocenters. The van der Waals surface area contributed by atoms with Crippen molar-refractivity contribution in [1.82, 2.24) is 15.6 Å². The Morgan fingerprint density at radius 1 is 1.19 bits per heavy atom. The highest BCUT2D eigenvalue weighted by molar-refractivity contribution is 5.83. The molecule has 4 rings (SSSR count). The van der Waals surface area contributed by atoms with Crippen molar-refractivity contribution >= 4 is 5.91 Å². The van der Waals surface area contributed by atoms with Crippen LogP contribution in [-0.4, -0.2) is 29.6 Å². The summed E-state index contributed by atoms with van der Waals surface area (Å²) in [5.74, 6) is -0.499. The van der Waals surface area contributed by atoms with Gasteiger partial charge in [-0.05, 0) is 30.4 Å². The number of carbonyl (C=O) groups excluding carboxylic acids is 1. The summed E-state index contributed by atoms with van der Waals surface area (Å²) in [6.45, 7) is 0.178. The zero-order valence-electron chi connectivity index (χ0n) is 14.3. The van der Waals surface area contributed by atoms with Crippen LogP contribution in [-0.2, 0) is 4.79 Å². The van der Waals surface area contributed by atoms with E-state index in [9.17, 15) is 13.6 Å². The van der Waals surface area contributed by atoms with E-state index < -0.39 is 24.2 Å². The van der Waals surface area contributed by atoms with Crippen LogP contribution in [0.4, 0.5) is 8.78 Å². The topological polar surface area (TPSA) is 54.0 Å². The van der Waals surface area contributed by atoms with Crippen LogP contribution >= 0.6 is 0 Å². The number of amides is 1. The summed E-state index contributed by atoms with van der Waals surface area (Å²) < 4.78 is 27.8. The highest BCUT2D eigenvalue weighted by Crippen LogP contribution is 2.41. The van der Waals surface area contributed by atoms with Crippen molar-refractivity contribution < 1.29 is 13.6 Å². The zero-order chi connectivity index (χ0) is 18.1. The number of nitrogens with zero attached hydrogens (tertiary/aromatic N) is 1. The lowest BCUT2D eigenvalue weighted by molar-refractivity contribution is -0.123. The van der Waals surface area contributed by atoms with E-state index >= 15 is 0 Å². The van der Waals surface area contributed by atoms with Crippen LogP contribution < -0.4 is 10.6 Å². The number of benzene rings is 1. The SMILES string of the molecule is O=C(N[C@@H](c1ccccc1)c1ccc(C2CC2)c(F)n1)C1CC(F)CN1. The molecular weight excluding hydrogens is 336 g/mol. The molecule has 2 fully saturated rings. The average Bonchev–Trinajstić information content (AvgIpc) is 3.40. The van der Waals surface area contributed by atoms with Gasteiger partial charge in [-0.15, -0.1) is 0 Å². The normalized spacial score (nSPS) is 23.6. The van der Waals surface area contributed by atoms with Gasteiger partial charge in [-0.1, -0.05) is 36.4 Å². The van der Waals surface area contributed by atoms with Crippen molar-refractivity contribution in [3.05, 3.63) is 65.2 Å². The standard InChI is InChI=1S/C20H21F2N3O/c21-14-10-17(23-11-14)20(26)25-18(13-4-2-1-3-5-13)16-9-8-15(12-6-7-12)19(22)24-16/h1-5,8-9,12,14,17-18,23H,6-7,10-11H2,(H,25,26)/t14?,17?,18-/m0/s1. The minimum atomic E-state index is -1.02. The molecule has 0 bridgehead atoms. The second-order valence-electron chi connectivity index (χ2n) is 7.04. The molecule has 2 unspecified atom stereocenters. The molecule has 2 aromatic rings. The van der Waals surface area contributed by atoms with Crippen LogP contribution in [0.15, 0.2) is 42.5 Å². The largest absolute Gasteiger partial charge is 0.342 e. The Kier molecular flexibility index (Phi) is 4.68. The molecular formula is C20H21F2N3O. The maximum atomic E-state index is 14.4. The molecule has 1 aromatic heterocycles. The van der Waals surface area contributed by atoms with Gasteiger partial charge in [0.2, 0.25) is 11.9 Å². The summed E-state index contributed by atoms with van der Waals surface area (Å²) in [4.78, 5) is 16.7. The van der Waals surface area contributed by atoms with Crippen LogP contribution in [0, 0.1) is 5.95 Å². The van der Waals surface area contributed by atoms with Gasteiger partial charge in [-0.3, -0.25) is 4.79 Å². The average molecular weight is 357 g/mol. The molecule has 1 aromatic carbocycles. The second-order valence-corrected chi connectivity index (χ2v) is 7.04. The number of pyridine rings is 1. The maximum absolute atomic E-state index is 14.4. The minimum Gasteiger partial charge on any atom is -0.342 e. The van der Waals surface area contributed by atoms with Gasteiger partial charge >= 0.3 is 0 Å². The van der Waals surface area contributed by atoms with Crippen molar-refractivity contribution in [2.24, 2.45) is 0 Å². The Morgan fingerprint density at radius 2 is 1.96 bits per heavy atom. The van der Waals surface area contributed by atoms with Crippen LogP contribution in [0.5, 0.6) is 0 Å². The van der Waals surface area contributed by atoms with Crippen molar-refractivity contribution in [3.63, 3.8) is 0 Å². The van der Waals surface area contributed by atoms with E-state index in [1.807, 2.05) is 30.3 Å². The highest BCUT2D eigenvalue weighted by atomic mass is 19.1. The summed E-state index contributed by atoms with van der Waals surface area (Å²) >= 11 is 0. The molecule has 1 aliphatic carbocycles. The Morgan fingerprint density at radius 3 is 2.58 bits per heavy atom. The molecule has 0 spiro atoms. The van der Waals surface area contributed by atoms with Gasteiger partial charge in [0.05, 0.1) is 17.8 Å². The Balaban J connectivity index is 1.61. The fraction of sp³-hybridized carbons (Fsp3) is 0.400. The first kappa shape index (κ1) is 17.1. The van der Waals surface area contributed by atoms with Crippen molar-refractivity contribution in [2.75, 3.05) is 6.54 Å². The maximum Gasteiger partial charge on any atom is 0.238 e. The number of hydrogen-bond donors (Lipinski definition) is 2. The number of alkyl halides is 1. The van der Waals surface area contributed by atoms with Crippen LogP contribution in [0.25, 0.3) is 0 Å². The van der Waals surface area contributed by atoms with E-state index in [0.717, 1.165) is 18.4 Å². The molecule has 6 heteroatoms. The van der Waals surface area contributed by atoms with Gasteiger partial charge in [0.15, 0.2) is 0 Å². The zero-order valence-corrected chi connectivity index (χ0v) is 14.3. The fourth-order valence-corrected chi connectivity index (χ4v) is 3.43. The molecule has 0 radical (unpaired) electrons. The second kappa shape index (κ2) is 7.11. The fourth-order valence-electron chi connectivity index (χ4n) is 3.43. The third-order valence-corrected chi connectivity index (χ3v) is 5.03. The Hall–Kier alpha value is -2.34. The van der Waals surface area contributed by atoms with E-state index in [0.29, 0.717) is 11.3 Å². The Bertz CT molecular complexity index is 795. The lowest BCUT2D eigenvalue weighted by Crippen LogP contribution is -2.42. The molecule has 1 saturated carbocycles. The summed E-state index contributed by atoms with van der Waals surface area (Å²) in [7, 11) is 0. The van der Waals surface area contributed by atoms with Crippen molar-refractivity contribution in [3.8, 4) is 0 Å². The minimum absolute atomic E-state index is 0.149. The van der Waals surface area contributed by atoms with Gasteiger partial charge in [-0.2, -0.15) is 4.39 Å². The smallest absolute Gasteiger partial charge is 0.238 e. The summed E-state index contributed by atoms with van der Waals surface area (Å²) in [5, 5.41) is 5.78. The van der Waals surface area contributed by atoms with Crippen LogP contribution in [0.1, 0.15) is 48.0 Å². The van der Waals surface area contributed by atoms with E-state index in [1.165, 1.54) is 0 Å². The van der Waals surface area contributed by atoms with E-state index in [-0.39, 0.29) is 24.8 Å². The van der Waals surface area contributed by atoms with Crippen LogP contribution in [0.2, 0.25) is 0 Å². The Labute approximate surface area is 151 Å². The first-order valence-electron chi connectivity index (χ1n) is 9.01. The third-order valence-electron chi connectivity index (χ3n) is 5.03. The first-order valence-corrected chi connectivity index (χ1v) is 9.01. The lowest BCUT2D eigenvalue weighted by atomic mass is 10.0. The van der Waals surface area contributed by atoms with Crippen molar-refractivity contribution in [1.29, 1.82) is 0 Å². The van der Waals surface area contributed by atoms with Gasteiger partial charge in [0, 0.05) is 18.5 Å². The third kappa shape index (κ3) is 3.60. The lowest BCUT2D eigenvalue weighted by Gasteiger charge is -2.21. The molecule has 2 N–H and O–H groups in total. The molecule has 136 valence electrons. The van der Waals surface area contributed by atoms with Gasteiger partial charge in [-0.25, -0.2) is 9.37 Å². The molecule has 1 aliphatic heterocycles. The van der Waals surface area contributed by atoms with E-state index in [4.69, 9.17) is 0 Å². The summed E-state index contributed by atoms with van der Waals surface area (Å²) in [6, 6.07) is 11.7. The van der Waals surface area contributed by atoms with E-state index in [2.05, 4.69) is 15.6 Å². The number of halogens is 2. The van der Waals surface area contributed by atoms with Crippen molar-refractivity contribution in [2.45, 2.75) is 43.4 Å². The van der Waals surface area contributed by atoms with Gasteiger partial charge in [0.25, 0.3) is 0 Å². The molecule has 2 aliphatic rings. The number of nitrogens with one attached hydrogen (secondary N) is 2. The molecule has 2 heterocycles. The molecule has 4 nitrogen and oxygen atoms in total. The highest BCUT2D eigenvalue weighted by Gasteiger charge is 2.32. The molecule has 1 saturated heterocycles. The predicted octanol–water partition coefficient (Wildman–Crippen LogP) is 3.00. The number of aromatic nitrogens is 1. The quantitative estimate of drug-likeness (QED) is 0.809. The number of carbonyl (C=O) groups is 1.